The number of fused-ring (bicyclic) bond motifs is 3. The smallest absolute Gasteiger partial charge is 0.230 e. The van der Waals surface area contributed by atoms with Crippen LogP contribution in [0.2, 0.25) is 0 Å². The molecule has 0 spiro atoms. The zero-order chi connectivity index (χ0) is 13.7. The summed E-state index contributed by atoms with van der Waals surface area (Å²) in [6, 6.07) is 8.06. The summed E-state index contributed by atoms with van der Waals surface area (Å²) in [5.41, 5.74) is 8.59. The Labute approximate surface area is 116 Å². The van der Waals surface area contributed by atoms with Crippen LogP contribution in [0.15, 0.2) is 28.8 Å². The largest absolute Gasteiger partial charge is 0.394 e. The van der Waals surface area contributed by atoms with E-state index >= 15 is 0 Å². The molecule has 2 aliphatic carbocycles. The molecule has 4 rings (SSSR count). The summed E-state index contributed by atoms with van der Waals surface area (Å²) in [5, 5.41) is 12.9. The predicted octanol–water partition coefficient (Wildman–Crippen LogP) is 1.51. The third-order valence-electron chi connectivity index (χ3n) is 4.60. The molecular weight excluding hydrogens is 254 g/mol. The predicted molar refractivity (Wildman–Crippen MR) is 72.0 cm³/mol. The van der Waals surface area contributed by atoms with Gasteiger partial charge in [0, 0.05) is 5.92 Å². The lowest BCUT2D eigenvalue weighted by molar-refractivity contribution is 0.259. The van der Waals surface area contributed by atoms with Gasteiger partial charge in [-0.05, 0) is 35.8 Å². The summed E-state index contributed by atoms with van der Waals surface area (Å²) in [4.78, 5) is 4.38. The van der Waals surface area contributed by atoms with E-state index in [1.165, 1.54) is 17.5 Å². The van der Waals surface area contributed by atoms with Gasteiger partial charge >= 0.3 is 0 Å². The van der Waals surface area contributed by atoms with Crippen LogP contribution in [0.3, 0.4) is 0 Å². The Morgan fingerprint density at radius 2 is 2.20 bits per heavy atom. The number of aliphatic hydroxyl groups excluding tert-OH is 1. The van der Waals surface area contributed by atoms with E-state index in [1.54, 1.807) is 0 Å². The zero-order valence-electron chi connectivity index (χ0n) is 11.1. The van der Waals surface area contributed by atoms with Crippen LogP contribution in [0.25, 0.3) is 0 Å². The first-order valence-electron chi connectivity index (χ1n) is 7.07. The first kappa shape index (κ1) is 12.1. The molecule has 104 valence electrons. The Kier molecular flexibility index (Phi) is 2.65. The van der Waals surface area contributed by atoms with E-state index in [9.17, 15) is 0 Å². The lowest BCUT2D eigenvalue weighted by Crippen LogP contribution is -2.16. The van der Waals surface area contributed by atoms with Crippen molar-refractivity contribution in [3.8, 4) is 0 Å². The number of nitrogens with zero attached hydrogens (tertiary/aromatic N) is 2. The van der Waals surface area contributed by atoms with E-state index < -0.39 is 6.04 Å². The van der Waals surface area contributed by atoms with Crippen molar-refractivity contribution in [3.63, 3.8) is 0 Å². The van der Waals surface area contributed by atoms with Gasteiger partial charge in [-0.15, -0.1) is 0 Å². The highest BCUT2D eigenvalue weighted by Gasteiger charge is 2.56. The van der Waals surface area contributed by atoms with Crippen LogP contribution in [0.5, 0.6) is 0 Å². The topological polar surface area (TPSA) is 85.2 Å². The second-order valence-corrected chi connectivity index (χ2v) is 5.73. The van der Waals surface area contributed by atoms with Crippen molar-refractivity contribution in [1.82, 2.24) is 10.1 Å². The normalized spacial score (nSPS) is 28.6. The van der Waals surface area contributed by atoms with E-state index in [0.29, 0.717) is 29.5 Å². The molecule has 0 aliphatic heterocycles. The van der Waals surface area contributed by atoms with Crippen LogP contribution in [0.4, 0.5) is 0 Å². The second kappa shape index (κ2) is 4.40. The summed E-state index contributed by atoms with van der Waals surface area (Å²) in [7, 11) is 0. The number of benzene rings is 1. The number of aryl methyl sites for hydroxylation is 1. The number of hydrogen-bond donors (Lipinski definition) is 2. The molecule has 1 aromatic heterocycles. The minimum Gasteiger partial charge on any atom is -0.394 e. The molecule has 1 heterocycles. The summed E-state index contributed by atoms with van der Waals surface area (Å²) < 4.78 is 5.37. The fourth-order valence-corrected chi connectivity index (χ4v) is 3.52. The molecule has 4 unspecified atom stereocenters. The van der Waals surface area contributed by atoms with Crippen LogP contribution in [-0.2, 0) is 6.42 Å². The lowest BCUT2D eigenvalue weighted by Gasteiger charge is -2.13. The van der Waals surface area contributed by atoms with Crippen LogP contribution in [0, 0.1) is 5.92 Å². The molecular formula is C15H17N3O2. The standard InChI is InChI=1S/C15H17N3O2/c16-11(7-19)14-17-15(20-18-14)13-10-6-5-8-3-1-2-4-9(8)12(10)13/h1-4,10-13,19H,5-7,16H2. The minimum atomic E-state index is -0.555. The SMILES string of the molecule is NC(CO)c1noc(C2C3CCc4ccccc4C32)n1. The van der Waals surface area contributed by atoms with Crippen LogP contribution in [0.1, 0.15) is 47.1 Å². The van der Waals surface area contributed by atoms with Crippen LogP contribution >= 0.6 is 0 Å². The number of hydrogen-bond acceptors (Lipinski definition) is 5. The Morgan fingerprint density at radius 3 is 3.05 bits per heavy atom. The van der Waals surface area contributed by atoms with Crippen molar-refractivity contribution in [3.05, 3.63) is 47.1 Å². The quantitative estimate of drug-likeness (QED) is 0.883. The molecule has 1 saturated carbocycles. The number of rotatable bonds is 3. The van der Waals surface area contributed by atoms with Crippen molar-refractivity contribution in [2.45, 2.75) is 30.7 Å². The van der Waals surface area contributed by atoms with E-state index in [0.717, 1.165) is 6.42 Å². The van der Waals surface area contributed by atoms with Gasteiger partial charge in [-0.1, -0.05) is 29.4 Å². The number of aromatic nitrogens is 2. The molecule has 3 N–H and O–H groups in total. The van der Waals surface area contributed by atoms with Gasteiger partial charge in [0.2, 0.25) is 5.89 Å². The molecule has 0 saturated heterocycles. The molecule has 2 aromatic rings. The van der Waals surface area contributed by atoms with Gasteiger partial charge < -0.3 is 15.4 Å². The third kappa shape index (κ3) is 1.70. The third-order valence-corrected chi connectivity index (χ3v) is 4.60. The van der Waals surface area contributed by atoms with Gasteiger partial charge in [-0.2, -0.15) is 4.98 Å². The fourth-order valence-electron chi connectivity index (χ4n) is 3.52. The first-order valence-corrected chi connectivity index (χ1v) is 7.07. The Morgan fingerprint density at radius 1 is 1.35 bits per heavy atom. The highest BCUT2D eigenvalue weighted by atomic mass is 16.5. The van der Waals surface area contributed by atoms with Crippen molar-refractivity contribution < 1.29 is 9.63 Å². The summed E-state index contributed by atoms with van der Waals surface area (Å²) in [6.07, 6.45) is 2.31. The van der Waals surface area contributed by atoms with Gasteiger partial charge in [0.25, 0.3) is 0 Å². The van der Waals surface area contributed by atoms with Crippen molar-refractivity contribution >= 4 is 0 Å². The van der Waals surface area contributed by atoms with E-state index in [4.69, 9.17) is 15.4 Å². The van der Waals surface area contributed by atoms with Crippen molar-refractivity contribution in [2.75, 3.05) is 6.61 Å². The van der Waals surface area contributed by atoms with Crippen LogP contribution < -0.4 is 5.73 Å². The average molecular weight is 271 g/mol. The molecule has 0 radical (unpaired) electrons. The number of aliphatic hydroxyl groups is 1. The molecule has 0 amide bonds. The fraction of sp³-hybridized carbons (Fsp3) is 0.467. The number of nitrogens with two attached hydrogens (primary N) is 1. The van der Waals surface area contributed by atoms with Gasteiger partial charge in [0.05, 0.1) is 12.6 Å². The molecule has 20 heavy (non-hydrogen) atoms. The van der Waals surface area contributed by atoms with Crippen molar-refractivity contribution in [2.24, 2.45) is 11.7 Å². The minimum absolute atomic E-state index is 0.167. The summed E-state index contributed by atoms with van der Waals surface area (Å²) >= 11 is 0. The van der Waals surface area contributed by atoms with Gasteiger partial charge in [-0.3, -0.25) is 0 Å². The highest BCUT2D eigenvalue weighted by molar-refractivity contribution is 5.42. The highest BCUT2D eigenvalue weighted by Crippen LogP contribution is 2.64. The molecule has 5 nitrogen and oxygen atoms in total. The Hall–Kier alpha value is -1.72. The maximum atomic E-state index is 9.04. The molecule has 2 aliphatic rings. The zero-order valence-corrected chi connectivity index (χ0v) is 11.1. The van der Waals surface area contributed by atoms with E-state index in [-0.39, 0.29) is 6.61 Å². The maximum Gasteiger partial charge on any atom is 0.230 e. The maximum absolute atomic E-state index is 9.04. The molecule has 0 bridgehead atoms. The van der Waals surface area contributed by atoms with E-state index in [1.807, 2.05) is 0 Å². The monoisotopic (exact) mass is 271 g/mol. The second-order valence-electron chi connectivity index (χ2n) is 5.73. The Bertz CT molecular complexity index is 640. The van der Waals surface area contributed by atoms with Crippen LogP contribution in [-0.4, -0.2) is 21.9 Å². The summed E-state index contributed by atoms with van der Waals surface area (Å²) in [5.74, 6) is 2.53. The van der Waals surface area contributed by atoms with Crippen molar-refractivity contribution in [1.29, 1.82) is 0 Å². The van der Waals surface area contributed by atoms with Gasteiger partial charge in [0.1, 0.15) is 0 Å². The van der Waals surface area contributed by atoms with Gasteiger partial charge in [-0.25, -0.2) is 0 Å². The van der Waals surface area contributed by atoms with Gasteiger partial charge in [0.15, 0.2) is 5.82 Å². The molecule has 1 aromatic carbocycles. The lowest BCUT2D eigenvalue weighted by atomic mass is 9.92. The van der Waals surface area contributed by atoms with E-state index in [2.05, 4.69) is 34.4 Å². The first-order chi connectivity index (χ1) is 9.79. The average Bonchev–Trinajstić information content (AvgIpc) is 3.04. The molecule has 1 fully saturated rings. The Balaban J connectivity index is 1.62. The molecule has 5 heteroatoms. The summed E-state index contributed by atoms with van der Waals surface area (Å²) in [6.45, 7) is -0.167. The molecule has 4 atom stereocenters.